The maximum atomic E-state index is 12.4. The summed E-state index contributed by atoms with van der Waals surface area (Å²) in [6.45, 7) is 3.93. The summed E-state index contributed by atoms with van der Waals surface area (Å²) in [4.78, 5) is 25.0. The van der Waals surface area contributed by atoms with E-state index in [0.29, 0.717) is 12.0 Å². The third-order valence-corrected chi connectivity index (χ3v) is 5.44. The first-order chi connectivity index (χ1) is 10.0. The molecule has 1 aliphatic rings. The molecule has 0 bridgehead atoms. The van der Waals surface area contributed by atoms with Gasteiger partial charge in [-0.1, -0.05) is 25.7 Å². The molecule has 0 spiro atoms. The molecule has 2 unspecified atom stereocenters. The highest BCUT2D eigenvalue weighted by Gasteiger charge is 2.30. The number of thiophene rings is 1. The number of carbonyl (C=O) groups is 2. The molecule has 0 radical (unpaired) electrons. The second-order valence-electron chi connectivity index (χ2n) is 5.85. The first-order valence-electron chi connectivity index (χ1n) is 7.59. The second-order valence-corrected chi connectivity index (χ2v) is 6.93. The summed E-state index contributed by atoms with van der Waals surface area (Å²) in [7, 11) is 0. The fraction of sp³-hybridized carbons (Fsp3) is 0.625. The van der Waals surface area contributed by atoms with Crippen molar-refractivity contribution in [1.29, 1.82) is 0 Å². The van der Waals surface area contributed by atoms with Gasteiger partial charge in [0.1, 0.15) is 0 Å². The number of rotatable bonds is 3. The number of carboxylic acids is 1. The topological polar surface area (TPSA) is 66.4 Å². The van der Waals surface area contributed by atoms with E-state index in [2.05, 4.69) is 5.32 Å². The van der Waals surface area contributed by atoms with E-state index in [4.69, 9.17) is 0 Å². The molecule has 0 aromatic carbocycles. The van der Waals surface area contributed by atoms with Gasteiger partial charge in [0.2, 0.25) is 0 Å². The summed E-state index contributed by atoms with van der Waals surface area (Å²) in [6, 6.07) is -0.255. The van der Waals surface area contributed by atoms with Crippen LogP contribution in [0.4, 0.5) is 0 Å². The number of amides is 1. The highest BCUT2D eigenvalue weighted by molar-refractivity contribution is 7.10. The molecular weight excluding hydrogens is 286 g/mol. The standard InChI is InChI=1S/C16H23NO3S/c1-10-11(2)21-9-13(10)15(18)17-14-8-6-4-3-5-7-12(14)16(19)20/h9,12,14H,3-8H2,1-2H3,(H,17,18)(H,19,20). The van der Waals surface area contributed by atoms with Crippen LogP contribution in [0.5, 0.6) is 0 Å². The van der Waals surface area contributed by atoms with E-state index in [-0.39, 0.29) is 11.9 Å². The summed E-state index contributed by atoms with van der Waals surface area (Å²) >= 11 is 1.56. The van der Waals surface area contributed by atoms with Crippen molar-refractivity contribution in [2.24, 2.45) is 5.92 Å². The van der Waals surface area contributed by atoms with Gasteiger partial charge in [0.25, 0.3) is 5.91 Å². The van der Waals surface area contributed by atoms with Gasteiger partial charge in [-0.25, -0.2) is 0 Å². The molecule has 5 heteroatoms. The van der Waals surface area contributed by atoms with Crippen molar-refractivity contribution >= 4 is 23.2 Å². The molecule has 116 valence electrons. The van der Waals surface area contributed by atoms with Crippen LogP contribution in [0.15, 0.2) is 5.38 Å². The van der Waals surface area contributed by atoms with E-state index in [9.17, 15) is 14.7 Å². The van der Waals surface area contributed by atoms with E-state index < -0.39 is 11.9 Å². The van der Waals surface area contributed by atoms with Crippen molar-refractivity contribution in [3.63, 3.8) is 0 Å². The monoisotopic (exact) mass is 309 g/mol. The highest BCUT2D eigenvalue weighted by Crippen LogP contribution is 2.25. The zero-order valence-corrected chi connectivity index (χ0v) is 13.5. The minimum absolute atomic E-state index is 0.131. The van der Waals surface area contributed by atoms with Gasteiger partial charge in [-0.3, -0.25) is 9.59 Å². The quantitative estimate of drug-likeness (QED) is 0.897. The molecule has 21 heavy (non-hydrogen) atoms. The Labute approximate surface area is 129 Å². The fourth-order valence-corrected chi connectivity index (χ4v) is 3.80. The number of nitrogens with one attached hydrogen (secondary N) is 1. The van der Waals surface area contributed by atoms with Crippen LogP contribution in [0, 0.1) is 19.8 Å². The van der Waals surface area contributed by atoms with Gasteiger partial charge in [-0.2, -0.15) is 0 Å². The van der Waals surface area contributed by atoms with Crippen molar-refractivity contribution < 1.29 is 14.7 Å². The Morgan fingerprint density at radius 1 is 1.19 bits per heavy atom. The molecule has 0 aliphatic heterocycles. The Balaban J connectivity index is 2.11. The van der Waals surface area contributed by atoms with Crippen LogP contribution in [0.2, 0.25) is 0 Å². The van der Waals surface area contributed by atoms with Crippen LogP contribution in [-0.2, 0) is 4.79 Å². The summed E-state index contributed by atoms with van der Waals surface area (Å²) in [5.41, 5.74) is 1.68. The minimum atomic E-state index is -0.791. The van der Waals surface area contributed by atoms with Gasteiger partial charge < -0.3 is 10.4 Å². The van der Waals surface area contributed by atoms with Crippen LogP contribution in [0.25, 0.3) is 0 Å². The van der Waals surface area contributed by atoms with E-state index in [0.717, 1.165) is 42.5 Å². The summed E-state index contributed by atoms with van der Waals surface area (Å²) in [6.07, 6.45) is 5.53. The first kappa shape index (κ1) is 16.0. The molecule has 1 aliphatic carbocycles. The minimum Gasteiger partial charge on any atom is -0.481 e. The zero-order chi connectivity index (χ0) is 15.4. The molecule has 2 rings (SSSR count). The summed E-state index contributed by atoms with van der Waals surface area (Å²) in [5, 5.41) is 14.3. The molecular formula is C16H23NO3S. The number of carboxylic acid groups (broad SMARTS) is 1. The van der Waals surface area contributed by atoms with E-state index in [1.54, 1.807) is 11.3 Å². The molecule has 1 saturated carbocycles. The third kappa shape index (κ3) is 3.84. The van der Waals surface area contributed by atoms with Gasteiger partial charge >= 0.3 is 5.97 Å². The van der Waals surface area contributed by atoms with Crippen molar-refractivity contribution in [2.45, 2.75) is 58.4 Å². The summed E-state index contributed by atoms with van der Waals surface area (Å²) in [5.74, 6) is -1.39. The number of hydrogen-bond acceptors (Lipinski definition) is 3. The van der Waals surface area contributed by atoms with Crippen LogP contribution < -0.4 is 5.32 Å². The molecule has 4 nitrogen and oxygen atoms in total. The van der Waals surface area contributed by atoms with E-state index >= 15 is 0 Å². The summed E-state index contributed by atoms with van der Waals surface area (Å²) < 4.78 is 0. The Hall–Kier alpha value is -1.36. The Morgan fingerprint density at radius 2 is 1.86 bits per heavy atom. The molecule has 1 fully saturated rings. The van der Waals surface area contributed by atoms with Crippen LogP contribution >= 0.6 is 11.3 Å². The van der Waals surface area contributed by atoms with E-state index in [1.165, 1.54) is 0 Å². The average molecular weight is 309 g/mol. The SMILES string of the molecule is Cc1scc(C(=O)NC2CCCCCCC2C(=O)O)c1C. The normalized spacial score (nSPS) is 23.1. The number of aliphatic carboxylic acids is 1. The fourth-order valence-electron chi connectivity index (χ4n) is 2.94. The first-order valence-corrected chi connectivity index (χ1v) is 8.47. The molecule has 2 atom stereocenters. The highest BCUT2D eigenvalue weighted by atomic mass is 32.1. The van der Waals surface area contributed by atoms with Crippen molar-refractivity contribution in [3.8, 4) is 0 Å². The maximum Gasteiger partial charge on any atom is 0.308 e. The van der Waals surface area contributed by atoms with Gasteiger partial charge in [-0.15, -0.1) is 11.3 Å². The Kier molecular flexibility index (Phi) is 5.39. The van der Waals surface area contributed by atoms with Crippen LogP contribution in [-0.4, -0.2) is 23.0 Å². The second kappa shape index (κ2) is 7.07. The van der Waals surface area contributed by atoms with Crippen molar-refractivity contribution in [1.82, 2.24) is 5.32 Å². The lowest BCUT2D eigenvalue weighted by atomic mass is 9.86. The average Bonchev–Trinajstić information content (AvgIpc) is 2.73. The molecule has 1 aromatic rings. The molecule has 1 aromatic heterocycles. The lowest BCUT2D eigenvalue weighted by Crippen LogP contribution is -2.44. The Morgan fingerprint density at radius 3 is 2.43 bits per heavy atom. The van der Waals surface area contributed by atoms with E-state index in [1.807, 2.05) is 19.2 Å². The molecule has 1 heterocycles. The number of aryl methyl sites for hydroxylation is 1. The van der Waals surface area contributed by atoms with Crippen molar-refractivity contribution in [2.75, 3.05) is 0 Å². The predicted octanol–water partition coefficient (Wildman–Crippen LogP) is 3.52. The number of hydrogen-bond donors (Lipinski definition) is 2. The smallest absolute Gasteiger partial charge is 0.308 e. The van der Waals surface area contributed by atoms with Crippen molar-refractivity contribution in [3.05, 3.63) is 21.4 Å². The number of carbonyl (C=O) groups excluding carboxylic acids is 1. The molecule has 1 amide bonds. The van der Waals surface area contributed by atoms with Crippen LogP contribution in [0.1, 0.15) is 59.3 Å². The van der Waals surface area contributed by atoms with Gasteiger partial charge in [0.15, 0.2) is 0 Å². The van der Waals surface area contributed by atoms with Gasteiger partial charge in [-0.05, 0) is 32.3 Å². The molecule has 2 N–H and O–H groups in total. The lowest BCUT2D eigenvalue weighted by Gasteiger charge is -2.27. The lowest BCUT2D eigenvalue weighted by molar-refractivity contribution is -0.143. The Bertz CT molecular complexity index is 524. The predicted molar refractivity (Wildman–Crippen MR) is 83.9 cm³/mol. The van der Waals surface area contributed by atoms with Gasteiger partial charge in [0, 0.05) is 16.3 Å². The van der Waals surface area contributed by atoms with Gasteiger partial charge in [0.05, 0.1) is 11.5 Å². The van der Waals surface area contributed by atoms with Crippen LogP contribution in [0.3, 0.4) is 0 Å². The largest absolute Gasteiger partial charge is 0.481 e. The molecule has 0 saturated heterocycles. The zero-order valence-electron chi connectivity index (χ0n) is 12.6. The maximum absolute atomic E-state index is 12.4. The third-order valence-electron chi connectivity index (χ3n) is 4.43.